The second-order valence-corrected chi connectivity index (χ2v) is 5.27. The van der Waals surface area contributed by atoms with E-state index in [0.717, 1.165) is 11.3 Å². The predicted octanol–water partition coefficient (Wildman–Crippen LogP) is 3.62. The number of hydrogen-bond acceptors (Lipinski definition) is 4. The molecular formula is C16H16ClN3O4. The van der Waals surface area contributed by atoms with E-state index in [9.17, 15) is 14.9 Å². The van der Waals surface area contributed by atoms with Crippen molar-refractivity contribution in [2.75, 3.05) is 19.0 Å². The minimum absolute atomic E-state index is 0.101. The number of amides is 2. The van der Waals surface area contributed by atoms with Crippen molar-refractivity contribution in [3.63, 3.8) is 0 Å². The molecule has 2 amide bonds. The van der Waals surface area contributed by atoms with Gasteiger partial charge in [-0.2, -0.15) is 0 Å². The molecule has 2 aromatic carbocycles. The summed E-state index contributed by atoms with van der Waals surface area (Å²) in [6.07, 6.45) is 0.603. The maximum Gasteiger partial charge on any atom is 0.319 e. The lowest BCUT2D eigenvalue weighted by Gasteiger charge is -2.10. The molecule has 0 aliphatic heterocycles. The number of non-ortho nitro benzene ring substituents is 1. The van der Waals surface area contributed by atoms with E-state index in [1.807, 2.05) is 24.3 Å². The Morgan fingerprint density at radius 3 is 2.71 bits per heavy atom. The molecule has 0 aromatic heterocycles. The van der Waals surface area contributed by atoms with Crippen LogP contribution in [0.25, 0.3) is 0 Å². The molecule has 0 atom stereocenters. The number of nitro benzene ring substituents is 1. The highest BCUT2D eigenvalue weighted by Crippen LogP contribution is 2.26. The molecule has 0 saturated carbocycles. The SMILES string of the molecule is COc1ccccc1CCNC(=O)Nc1ccc([N+](=O)[O-])cc1Cl. The Kier molecular flexibility index (Phi) is 5.97. The van der Waals surface area contributed by atoms with Gasteiger partial charge in [0, 0.05) is 18.7 Å². The zero-order valence-corrected chi connectivity index (χ0v) is 13.7. The molecule has 2 N–H and O–H groups in total. The quantitative estimate of drug-likeness (QED) is 0.615. The number of nitro groups is 1. The average molecular weight is 350 g/mol. The third-order valence-electron chi connectivity index (χ3n) is 3.28. The molecule has 8 heteroatoms. The maximum absolute atomic E-state index is 11.9. The number of methoxy groups -OCH3 is 1. The lowest BCUT2D eigenvalue weighted by molar-refractivity contribution is -0.384. The number of anilines is 1. The van der Waals surface area contributed by atoms with Crippen LogP contribution in [-0.2, 0) is 6.42 Å². The third kappa shape index (κ3) is 4.60. The Labute approximate surface area is 143 Å². The second-order valence-electron chi connectivity index (χ2n) is 4.86. The van der Waals surface area contributed by atoms with Crippen molar-refractivity contribution in [3.8, 4) is 5.75 Å². The van der Waals surface area contributed by atoms with Gasteiger partial charge < -0.3 is 15.4 Å². The first kappa shape index (κ1) is 17.6. The van der Waals surface area contributed by atoms with Crippen molar-refractivity contribution in [3.05, 3.63) is 63.2 Å². The fraction of sp³-hybridized carbons (Fsp3) is 0.188. The van der Waals surface area contributed by atoms with Crippen LogP contribution in [0.4, 0.5) is 16.2 Å². The molecule has 24 heavy (non-hydrogen) atoms. The molecule has 0 bridgehead atoms. The summed E-state index contributed by atoms with van der Waals surface area (Å²) in [5.74, 6) is 0.762. The van der Waals surface area contributed by atoms with Crippen LogP contribution in [0, 0.1) is 10.1 Å². The van der Waals surface area contributed by atoms with Crippen LogP contribution in [0.5, 0.6) is 5.75 Å². The maximum atomic E-state index is 11.9. The van der Waals surface area contributed by atoms with Gasteiger partial charge in [0.2, 0.25) is 0 Å². The van der Waals surface area contributed by atoms with Gasteiger partial charge in [0.15, 0.2) is 0 Å². The first-order valence-corrected chi connectivity index (χ1v) is 7.49. The van der Waals surface area contributed by atoms with Crippen LogP contribution in [0.3, 0.4) is 0 Å². The lowest BCUT2D eigenvalue weighted by atomic mass is 10.1. The van der Waals surface area contributed by atoms with Crippen LogP contribution >= 0.6 is 11.6 Å². The summed E-state index contributed by atoms with van der Waals surface area (Å²) in [6.45, 7) is 0.400. The summed E-state index contributed by atoms with van der Waals surface area (Å²) in [6, 6.07) is 11.0. The van der Waals surface area contributed by atoms with Gasteiger partial charge in [-0.05, 0) is 24.1 Å². The normalized spacial score (nSPS) is 10.1. The van der Waals surface area contributed by atoms with Gasteiger partial charge in [-0.25, -0.2) is 4.79 Å². The van der Waals surface area contributed by atoms with Crippen LogP contribution < -0.4 is 15.4 Å². The fourth-order valence-corrected chi connectivity index (χ4v) is 2.33. The Hall–Kier alpha value is -2.80. The summed E-state index contributed by atoms with van der Waals surface area (Å²) < 4.78 is 5.24. The van der Waals surface area contributed by atoms with E-state index in [-0.39, 0.29) is 10.7 Å². The highest BCUT2D eigenvalue weighted by Gasteiger charge is 2.11. The fourth-order valence-electron chi connectivity index (χ4n) is 2.11. The number of urea groups is 1. The van der Waals surface area contributed by atoms with Crippen molar-refractivity contribution in [1.29, 1.82) is 0 Å². The van der Waals surface area contributed by atoms with E-state index >= 15 is 0 Å². The third-order valence-corrected chi connectivity index (χ3v) is 3.60. The van der Waals surface area contributed by atoms with Crippen molar-refractivity contribution in [2.24, 2.45) is 0 Å². The number of hydrogen-bond donors (Lipinski definition) is 2. The van der Waals surface area contributed by atoms with E-state index in [4.69, 9.17) is 16.3 Å². The Morgan fingerprint density at radius 2 is 2.04 bits per heavy atom. The van der Waals surface area contributed by atoms with Gasteiger partial charge in [-0.1, -0.05) is 29.8 Å². The Bertz CT molecular complexity index is 752. The van der Waals surface area contributed by atoms with Crippen LogP contribution in [0.2, 0.25) is 5.02 Å². The highest BCUT2D eigenvalue weighted by atomic mass is 35.5. The molecule has 0 aliphatic rings. The molecule has 0 saturated heterocycles. The first-order valence-electron chi connectivity index (χ1n) is 7.12. The van der Waals surface area contributed by atoms with Gasteiger partial charge >= 0.3 is 6.03 Å². The molecule has 2 rings (SSSR count). The van der Waals surface area contributed by atoms with E-state index in [2.05, 4.69) is 10.6 Å². The molecule has 0 aliphatic carbocycles. The number of carbonyl (C=O) groups is 1. The van der Waals surface area contributed by atoms with Gasteiger partial charge in [-0.3, -0.25) is 10.1 Å². The minimum atomic E-state index is -0.553. The van der Waals surface area contributed by atoms with Crippen molar-refractivity contribution in [1.82, 2.24) is 5.32 Å². The number of nitrogens with one attached hydrogen (secondary N) is 2. The van der Waals surface area contributed by atoms with Crippen LogP contribution in [-0.4, -0.2) is 24.6 Å². The standard InChI is InChI=1S/C16H16ClN3O4/c1-24-15-5-3-2-4-11(15)8-9-18-16(21)19-14-7-6-12(20(22)23)10-13(14)17/h2-7,10H,8-9H2,1H3,(H2,18,19,21). The lowest BCUT2D eigenvalue weighted by Crippen LogP contribution is -2.30. The molecular weight excluding hydrogens is 334 g/mol. The van der Waals surface area contributed by atoms with E-state index in [1.54, 1.807) is 7.11 Å². The number of halogens is 1. The van der Waals surface area contributed by atoms with E-state index in [1.165, 1.54) is 18.2 Å². The monoisotopic (exact) mass is 349 g/mol. The molecule has 0 heterocycles. The summed E-state index contributed by atoms with van der Waals surface area (Å²) >= 11 is 5.92. The summed E-state index contributed by atoms with van der Waals surface area (Å²) in [5, 5.41) is 16.0. The number of carbonyl (C=O) groups excluding carboxylic acids is 1. The summed E-state index contributed by atoms with van der Waals surface area (Å²) in [5.41, 5.74) is 1.15. The number of benzene rings is 2. The molecule has 0 fully saturated rings. The number of ether oxygens (including phenoxy) is 1. The molecule has 126 valence electrons. The Morgan fingerprint density at radius 1 is 1.29 bits per heavy atom. The van der Waals surface area contributed by atoms with Crippen LogP contribution in [0.15, 0.2) is 42.5 Å². The number of rotatable bonds is 6. The molecule has 7 nitrogen and oxygen atoms in total. The van der Waals surface area contributed by atoms with Gasteiger partial charge in [0.25, 0.3) is 5.69 Å². The van der Waals surface area contributed by atoms with E-state index < -0.39 is 11.0 Å². The van der Waals surface area contributed by atoms with Crippen molar-refractivity contribution >= 4 is 29.0 Å². The zero-order valence-electron chi connectivity index (χ0n) is 12.9. The largest absolute Gasteiger partial charge is 0.496 e. The van der Waals surface area contributed by atoms with Crippen LogP contribution in [0.1, 0.15) is 5.56 Å². The summed E-state index contributed by atoms with van der Waals surface area (Å²) in [4.78, 5) is 22.0. The van der Waals surface area contributed by atoms with Gasteiger partial charge in [0.1, 0.15) is 5.75 Å². The number of nitrogens with zero attached hydrogens (tertiary/aromatic N) is 1. The zero-order chi connectivity index (χ0) is 17.5. The minimum Gasteiger partial charge on any atom is -0.496 e. The molecule has 0 unspecified atom stereocenters. The second kappa shape index (κ2) is 8.16. The smallest absolute Gasteiger partial charge is 0.319 e. The molecule has 0 spiro atoms. The first-order chi connectivity index (χ1) is 11.5. The van der Waals surface area contributed by atoms with Crippen molar-refractivity contribution in [2.45, 2.75) is 6.42 Å². The molecule has 2 aromatic rings. The summed E-state index contributed by atoms with van der Waals surface area (Å²) in [7, 11) is 1.59. The average Bonchev–Trinajstić information content (AvgIpc) is 2.57. The predicted molar refractivity (Wildman–Crippen MR) is 91.8 cm³/mol. The van der Waals surface area contributed by atoms with Crippen molar-refractivity contribution < 1.29 is 14.5 Å². The highest BCUT2D eigenvalue weighted by molar-refractivity contribution is 6.33. The van der Waals surface area contributed by atoms with Gasteiger partial charge in [-0.15, -0.1) is 0 Å². The molecule has 0 radical (unpaired) electrons. The number of para-hydroxylation sites is 1. The van der Waals surface area contributed by atoms with E-state index in [0.29, 0.717) is 18.7 Å². The Balaban J connectivity index is 1.88. The van der Waals surface area contributed by atoms with Gasteiger partial charge in [0.05, 0.1) is 22.7 Å². The topological polar surface area (TPSA) is 93.5 Å².